The number of halogens is 2. The van der Waals surface area contributed by atoms with Crippen LogP contribution < -0.4 is 5.32 Å². The molecule has 118 valence electrons. The molecular formula is C16H14F2N4O. The zero-order valence-electron chi connectivity index (χ0n) is 12.3. The topological polar surface area (TPSA) is 59.8 Å². The molecule has 1 heterocycles. The second-order valence-electron chi connectivity index (χ2n) is 5.19. The summed E-state index contributed by atoms with van der Waals surface area (Å²) in [6.07, 6.45) is 0. The maximum Gasteiger partial charge on any atom is 0.242 e. The molecule has 0 fully saturated rings. The fourth-order valence-corrected chi connectivity index (χ4v) is 2.39. The highest BCUT2D eigenvalue weighted by Gasteiger charge is 2.15. The molecule has 3 aromatic rings. The van der Waals surface area contributed by atoms with Crippen molar-refractivity contribution in [1.29, 1.82) is 0 Å². The molecule has 0 saturated heterocycles. The van der Waals surface area contributed by atoms with Gasteiger partial charge in [0.1, 0.15) is 23.7 Å². The van der Waals surface area contributed by atoms with Crippen molar-refractivity contribution in [3.8, 4) is 0 Å². The molecule has 23 heavy (non-hydrogen) atoms. The van der Waals surface area contributed by atoms with Crippen LogP contribution in [0.1, 0.15) is 18.5 Å². The van der Waals surface area contributed by atoms with Crippen LogP contribution in [0.3, 0.4) is 0 Å². The van der Waals surface area contributed by atoms with Crippen LogP contribution >= 0.6 is 0 Å². The first-order chi connectivity index (χ1) is 11.0. The largest absolute Gasteiger partial charge is 0.348 e. The Kier molecular flexibility index (Phi) is 4.01. The molecule has 7 heteroatoms. The third-order valence-electron chi connectivity index (χ3n) is 3.52. The van der Waals surface area contributed by atoms with E-state index in [1.54, 1.807) is 13.0 Å². The zero-order chi connectivity index (χ0) is 16.4. The lowest BCUT2D eigenvalue weighted by Crippen LogP contribution is -2.30. The lowest BCUT2D eigenvalue weighted by Gasteiger charge is -2.15. The summed E-state index contributed by atoms with van der Waals surface area (Å²) in [5.74, 6) is -1.68. The monoisotopic (exact) mass is 316 g/mol. The summed E-state index contributed by atoms with van der Waals surface area (Å²) in [6.45, 7) is 1.60. The van der Waals surface area contributed by atoms with Crippen molar-refractivity contribution in [1.82, 2.24) is 20.3 Å². The van der Waals surface area contributed by atoms with E-state index in [-0.39, 0.29) is 18.0 Å². The molecule has 1 N–H and O–H groups in total. The maximum absolute atomic E-state index is 13.7. The average Bonchev–Trinajstić information content (AvgIpc) is 2.90. The van der Waals surface area contributed by atoms with Gasteiger partial charge in [-0.1, -0.05) is 23.4 Å². The first kappa shape index (κ1) is 15.1. The summed E-state index contributed by atoms with van der Waals surface area (Å²) in [5, 5.41) is 10.6. The molecule has 0 radical (unpaired) electrons. The lowest BCUT2D eigenvalue weighted by atomic mass is 10.1. The van der Waals surface area contributed by atoms with Crippen LogP contribution in [0.15, 0.2) is 42.5 Å². The van der Waals surface area contributed by atoms with Crippen molar-refractivity contribution < 1.29 is 13.6 Å². The van der Waals surface area contributed by atoms with Crippen LogP contribution in [0.25, 0.3) is 11.0 Å². The van der Waals surface area contributed by atoms with Crippen molar-refractivity contribution in [2.45, 2.75) is 19.5 Å². The van der Waals surface area contributed by atoms with Crippen molar-refractivity contribution in [3.05, 3.63) is 59.7 Å². The Hall–Kier alpha value is -2.83. The summed E-state index contributed by atoms with van der Waals surface area (Å²) in [7, 11) is 0. The Morgan fingerprint density at radius 3 is 2.83 bits per heavy atom. The van der Waals surface area contributed by atoms with E-state index in [4.69, 9.17) is 0 Å². The Balaban J connectivity index is 1.71. The third kappa shape index (κ3) is 3.18. The van der Waals surface area contributed by atoms with Gasteiger partial charge >= 0.3 is 0 Å². The number of nitrogens with one attached hydrogen (secondary N) is 1. The SMILES string of the molecule is C[C@H](NC(=O)Cn1nnc2ccccc21)c1ccc(F)cc1F. The Bertz CT molecular complexity index is 862. The second kappa shape index (κ2) is 6.12. The first-order valence-electron chi connectivity index (χ1n) is 7.07. The summed E-state index contributed by atoms with van der Waals surface area (Å²) in [5.41, 5.74) is 1.66. The van der Waals surface area contributed by atoms with Gasteiger partial charge in [0.2, 0.25) is 5.91 Å². The second-order valence-corrected chi connectivity index (χ2v) is 5.19. The average molecular weight is 316 g/mol. The smallest absolute Gasteiger partial charge is 0.242 e. The molecule has 0 aliphatic carbocycles. The number of rotatable bonds is 4. The Labute approximate surface area is 130 Å². The molecule has 0 saturated carbocycles. The maximum atomic E-state index is 13.7. The van der Waals surface area contributed by atoms with Crippen molar-refractivity contribution in [2.24, 2.45) is 0 Å². The number of fused-ring (bicyclic) bond motifs is 1. The summed E-state index contributed by atoms with van der Waals surface area (Å²) >= 11 is 0. The molecule has 1 atom stereocenters. The molecule has 0 unspecified atom stereocenters. The fourth-order valence-electron chi connectivity index (χ4n) is 2.39. The number of aromatic nitrogens is 3. The van der Waals surface area contributed by atoms with E-state index >= 15 is 0 Å². The van der Waals surface area contributed by atoms with Gasteiger partial charge < -0.3 is 5.32 Å². The molecule has 0 aliphatic rings. The summed E-state index contributed by atoms with van der Waals surface area (Å²) in [6, 6.07) is 9.96. The standard InChI is InChI=1S/C16H14F2N4O/c1-10(12-7-6-11(17)8-13(12)18)19-16(23)9-22-15-5-3-2-4-14(15)20-21-22/h2-8,10H,9H2,1H3,(H,19,23)/t10-/m0/s1. The van der Waals surface area contributed by atoms with Crippen LogP contribution in [-0.2, 0) is 11.3 Å². The fraction of sp³-hybridized carbons (Fsp3) is 0.188. The summed E-state index contributed by atoms with van der Waals surface area (Å²) in [4.78, 5) is 12.1. The molecule has 1 aromatic heterocycles. The molecule has 0 bridgehead atoms. The van der Waals surface area contributed by atoms with Crippen LogP contribution in [0.2, 0.25) is 0 Å². The zero-order valence-corrected chi connectivity index (χ0v) is 12.3. The van der Waals surface area contributed by atoms with E-state index in [1.165, 1.54) is 10.7 Å². The minimum Gasteiger partial charge on any atom is -0.348 e. The van der Waals surface area contributed by atoms with Gasteiger partial charge in [-0.05, 0) is 25.1 Å². The Morgan fingerprint density at radius 1 is 1.26 bits per heavy atom. The van der Waals surface area contributed by atoms with Gasteiger partial charge in [0.05, 0.1) is 11.6 Å². The van der Waals surface area contributed by atoms with Crippen molar-refractivity contribution in [2.75, 3.05) is 0 Å². The van der Waals surface area contributed by atoms with Crippen LogP contribution in [-0.4, -0.2) is 20.9 Å². The van der Waals surface area contributed by atoms with E-state index in [1.807, 2.05) is 18.2 Å². The highest BCUT2D eigenvalue weighted by atomic mass is 19.1. The van der Waals surface area contributed by atoms with Crippen LogP contribution in [0.4, 0.5) is 8.78 Å². The molecule has 1 amide bonds. The normalized spacial score (nSPS) is 12.3. The number of para-hydroxylation sites is 1. The van der Waals surface area contributed by atoms with Gasteiger partial charge in [0, 0.05) is 11.6 Å². The number of hydrogen-bond donors (Lipinski definition) is 1. The van der Waals surface area contributed by atoms with E-state index in [0.29, 0.717) is 5.52 Å². The van der Waals surface area contributed by atoms with Gasteiger partial charge in [-0.3, -0.25) is 4.79 Å². The molecule has 0 spiro atoms. The van der Waals surface area contributed by atoms with E-state index in [9.17, 15) is 13.6 Å². The van der Waals surface area contributed by atoms with Gasteiger partial charge in [-0.15, -0.1) is 5.10 Å². The quantitative estimate of drug-likeness (QED) is 0.805. The van der Waals surface area contributed by atoms with E-state index in [0.717, 1.165) is 17.6 Å². The van der Waals surface area contributed by atoms with Gasteiger partial charge in [0.25, 0.3) is 0 Å². The molecule has 5 nitrogen and oxygen atoms in total. The number of nitrogens with zero attached hydrogens (tertiary/aromatic N) is 3. The minimum absolute atomic E-state index is 0.0341. The van der Waals surface area contributed by atoms with E-state index < -0.39 is 17.7 Å². The van der Waals surface area contributed by atoms with E-state index in [2.05, 4.69) is 15.6 Å². The lowest BCUT2D eigenvalue weighted by molar-refractivity contribution is -0.122. The number of carbonyl (C=O) groups is 1. The molecule has 0 aliphatic heterocycles. The number of amides is 1. The van der Waals surface area contributed by atoms with Crippen LogP contribution in [0, 0.1) is 11.6 Å². The number of carbonyl (C=O) groups excluding carboxylic acids is 1. The highest BCUT2D eigenvalue weighted by Crippen LogP contribution is 2.17. The minimum atomic E-state index is -0.691. The molecule has 3 rings (SSSR count). The van der Waals surface area contributed by atoms with Crippen molar-refractivity contribution >= 4 is 16.9 Å². The van der Waals surface area contributed by atoms with Crippen molar-refractivity contribution in [3.63, 3.8) is 0 Å². The first-order valence-corrected chi connectivity index (χ1v) is 7.07. The number of benzene rings is 2. The van der Waals surface area contributed by atoms with Gasteiger partial charge in [0.15, 0.2) is 0 Å². The third-order valence-corrected chi connectivity index (χ3v) is 3.52. The highest BCUT2D eigenvalue weighted by molar-refractivity contribution is 5.80. The molecule has 2 aromatic carbocycles. The summed E-state index contributed by atoms with van der Waals surface area (Å²) < 4.78 is 28.1. The molecular weight excluding hydrogens is 302 g/mol. The van der Waals surface area contributed by atoms with Gasteiger partial charge in [-0.2, -0.15) is 0 Å². The Morgan fingerprint density at radius 2 is 2.04 bits per heavy atom. The predicted octanol–water partition coefficient (Wildman–Crippen LogP) is 2.59. The number of hydrogen-bond acceptors (Lipinski definition) is 3. The van der Waals surface area contributed by atoms with Gasteiger partial charge in [-0.25, -0.2) is 13.5 Å². The predicted molar refractivity (Wildman–Crippen MR) is 80.4 cm³/mol. The van der Waals surface area contributed by atoms with Crippen LogP contribution in [0.5, 0.6) is 0 Å².